The van der Waals surface area contributed by atoms with Gasteiger partial charge in [0.15, 0.2) is 0 Å². The van der Waals surface area contributed by atoms with Crippen LogP contribution in [0.25, 0.3) is 16.7 Å². The molecule has 0 N–H and O–H groups in total. The molecule has 1 fully saturated rings. The highest BCUT2D eigenvalue weighted by Gasteiger charge is 2.35. The Balaban J connectivity index is 1.18. The van der Waals surface area contributed by atoms with E-state index in [9.17, 15) is 13.6 Å². The molecule has 1 aliphatic rings. The fraction of sp³-hybridized carbons (Fsp3) is 0.348. The monoisotopic (exact) mass is 467 g/mol. The van der Waals surface area contributed by atoms with Crippen LogP contribution in [0, 0.1) is 0 Å². The lowest BCUT2D eigenvalue weighted by molar-refractivity contribution is -0.135. The summed E-state index contributed by atoms with van der Waals surface area (Å²) in [7, 11) is 0. The van der Waals surface area contributed by atoms with E-state index in [-0.39, 0.29) is 18.9 Å². The van der Waals surface area contributed by atoms with Crippen molar-refractivity contribution in [2.75, 3.05) is 26.2 Å². The van der Waals surface area contributed by atoms with Crippen molar-refractivity contribution in [3.63, 3.8) is 0 Å². The third kappa shape index (κ3) is 4.79. The van der Waals surface area contributed by atoms with Gasteiger partial charge in [0.1, 0.15) is 23.7 Å². The van der Waals surface area contributed by atoms with Crippen LogP contribution in [0.1, 0.15) is 11.1 Å². The fourth-order valence-corrected chi connectivity index (χ4v) is 4.24. The van der Waals surface area contributed by atoms with E-state index in [2.05, 4.69) is 20.4 Å². The summed E-state index contributed by atoms with van der Waals surface area (Å²) in [5.41, 5.74) is 3.94. The van der Waals surface area contributed by atoms with Crippen LogP contribution < -0.4 is 0 Å². The van der Waals surface area contributed by atoms with Gasteiger partial charge in [0.05, 0.1) is 18.2 Å². The first kappa shape index (κ1) is 22.1. The lowest BCUT2D eigenvalue weighted by atomic mass is 10.1. The highest BCUT2D eigenvalue weighted by atomic mass is 19.3. The molecule has 0 bridgehead atoms. The summed E-state index contributed by atoms with van der Waals surface area (Å²) in [5, 5.41) is 11.7. The molecule has 0 aliphatic carbocycles. The molecule has 1 unspecified atom stereocenters. The molecule has 0 radical (unpaired) electrons. The molecule has 11 heteroatoms. The zero-order chi connectivity index (χ0) is 23.5. The van der Waals surface area contributed by atoms with Crippen LogP contribution in [0.15, 0.2) is 59.7 Å². The number of nitrogens with zero attached hydrogens (tertiary/aromatic N) is 7. The van der Waals surface area contributed by atoms with Crippen molar-refractivity contribution in [1.82, 2.24) is 34.9 Å². The highest BCUT2D eigenvalue weighted by Crippen LogP contribution is 2.20. The molecule has 1 atom stereocenters. The molecule has 1 aliphatic heterocycles. The van der Waals surface area contributed by atoms with E-state index in [1.54, 1.807) is 26.9 Å². The summed E-state index contributed by atoms with van der Waals surface area (Å²) in [4.78, 5) is 20.1. The highest BCUT2D eigenvalue weighted by molar-refractivity contribution is 5.79. The van der Waals surface area contributed by atoms with Crippen molar-refractivity contribution in [1.29, 1.82) is 0 Å². The Morgan fingerprint density at radius 2 is 1.85 bits per heavy atom. The molecule has 1 saturated heterocycles. The number of hydrogen-bond acceptors (Lipinski definition) is 7. The molecular formula is C23H23F2N7O2. The third-order valence-corrected chi connectivity index (χ3v) is 6.16. The van der Waals surface area contributed by atoms with Crippen LogP contribution in [0.2, 0.25) is 0 Å². The number of halogens is 2. The number of amides is 1. The van der Waals surface area contributed by atoms with Crippen LogP contribution in [-0.4, -0.2) is 79.4 Å². The quantitative estimate of drug-likeness (QED) is 0.412. The van der Waals surface area contributed by atoms with Gasteiger partial charge < -0.3 is 4.90 Å². The van der Waals surface area contributed by atoms with Crippen LogP contribution in [0.5, 0.6) is 0 Å². The Hall–Kier alpha value is -3.73. The van der Waals surface area contributed by atoms with E-state index in [4.69, 9.17) is 4.63 Å². The third-order valence-electron chi connectivity index (χ3n) is 6.16. The zero-order valence-corrected chi connectivity index (χ0v) is 18.3. The van der Waals surface area contributed by atoms with Crippen LogP contribution >= 0.6 is 0 Å². The molecule has 2 aromatic carbocycles. The number of carbonyl (C=O) groups excluding carboxylic acids is 1. The van der Waals surface area contributed by atoms with E-state index in [0.29, 0.717) is 37.1 Å². The topological polar surface area (TPSA) is 93.2 Å². The van der Waals surface area contributed by atoms with Crippen LogP contribution in [-0.2, 0) is 17.6 Å². The largest absolute Gasteiger partial charge is 0.339 e. The Morgan fingerprint density at radius 3 is 2.62 bits per heavy atom. The molecule has 0 spiro atoms. The lowest BCUT2D eigenvalue weighted by Crippen LogP contribution is -2.58. The van der Waals surface area contributed by atoms with Gasteiger partial charge in [-0.15, -0.1) is 0 Å². The number of hydrogen-bond donors (Lipinski definition) is 0. The molecule has 5 rings (SSSR count). The summed E-state index contributed by atoms with van der Waals surface area (Å²) in [5.74, 6) is -0.150. The predicted octanol–water partition coefficient (Wildman–Crippen LogP) is 2.37. The molecule has 3 heterocycles. The number of aromatic nitrogens is 5. The Bertz CT molecular complexity index is 1240. The average molecular weight is 467 g/mol. The minimum Gasteiger partial charge on any atom is -0.339 e. The molecule has 4 aromatic rings. The van der Waals surface area contributed by atoms with Gasteiger partial charge in [-0.2, -0.15) is 5.10 Å². The molecule has 176 valence electrons. The Morgan fingerprint density at radius 1 is 1.06 bits per heavy atom. The molecule has 34 heavy (non-hydrogen) atoms. The minimum absolute atomic E-state index is 0.0137. The van der Waals surface area contributed by atoms with Crippen LogP contribution in [0.4, 0.5) is 8.78 Å². The van der Waals surface area contributed by atoms with Crippen molar-refractivity contribution in [3.8, 4) is 5.69 Å². The van der Waals surface area contributed by atoms with E-state index >= 15 is 0 Å². The summed E-state index contributed by atoms with van der Waals surface area (Å²) in [6, 6.07) is 12.0. The zero-order valence-electron chi connectivity index (χ0n) is 18.3. The second-order valence-corrected chi connectivity index (χ2v) is 8.30. The first-order chi connectivity index (χ1) is 16.6. The van der Waals surface area contributed by atoms with Gasteiger partial charge in [-0.25, -0.2) is 23.1 Å². The Labute approximate surface area is 193 Å². The summed E-state index contributed by atoms with van der Waals surface area (Å²) in [6.07, 6.45) is 1.26. The number of rotatable bonds is 7. The molecule has 0 saturated carbocycles. The van der Waals surface area contributed by atoms with Gasteiger partial charge in [-0.1, -0.05) is 18.2 Å². The van der Waals surface area contributed by atoms with Crippen LogP contribution in [0.3, 0.4) is 0 Å². The average Bonchev–Trinajstić information content (AvgIpc) is 3.55. The maximum absolute atomic E-state index is 13.9. The Kier molecular flexibility index (Phi) is 6.26. The number of alkyl halides is 2. The molecule has 1 amide bonds. The lowest BCUT2D eigenvalue weighted by Gasteiger charge is -2.41. The number of fused-ring (bicyclic) bond motifs is 1. The number of carbonyl (C=O) groups is 1. The smallest absolute Gasteiger partial charge is 0.255 e. The molecule has 2 aromatic heterocycles. The van der Waals surface area contributed by atoms with E-state index in [1.807, 2.05) is 36.4 Å². The maximum Gasteiger partial charge on any atom is 0.255 e. The fourth-order valence-electron chi connectivity index (χ4n) is 4.24. The van der Waals surface area contributed by atoms with Gasteiger partial charge in [0.2, 0.25) is 5.91 Å². The van der Waals surface area contributed by atoms with E-state index < -0.39 is 12.5 Å². The minimum atomic E-state index is -2.54. The van der Waals surface area contributed by atoms with Gasteiger partial charge in [-0.05, 0) is 52.1 Å². The number of piperazine rings is 1. The normalized spacial score (nSPS) is 17.0. The first-order valence-electron chi connectivity index (χ1n) is 11.0. The van der Waals surface area contributed by atoms with Crippen molar-refractivity contribution < 1.29 is 18.2 Å². The van der Waals surface area contributed by atoms with Gasteiger partial charge in [0.25, 0.3) is 6.43 Å². The summed E-state index contributed by atoms with van der Waals surface area (Å²) >= 11 is 0. The number of benzene rings is 2. The van der Waals surface area contributed by atoms with Crippen molar-refractivity contribution in [2.24, 2.45) is 0 Å². The second-order valence-electron chi connectivity index (χ2n) is 8.30. The standard InChI is InChI=1S/C23H23F2N7O2/c24-23(25)21-13-31(22(33)12-16-1-4-18(5-2-16)32-15-26-14-27-32)10-9-30(21)8-7-17-3-6-19-20(11-17)29-34-28-19/h1-6,11,14-15,21,23H,7-10,12-13H2. The van der Waals surface area contributed by atoms with Crippen molar-refractivity contribution in [3.05, 3.63) is 66.2 Å². The SMILES string of the molecule is O=C(Cc1ccc(-n2cncn2)cc1)N1CCN(CCc2ccc3nonc3c2)C(C(F)F)C1. The van der Waals surface area contributed by atoms with E-state index in [0.717, 1.165) is 16.8 Å². The summed E-state index contributed by atoms with van der Waals surface area (Å²) < 4.78 is 34.1. The van der Waals surface area contributed by atoms with Crippen molar-refractivity contribution in [2.45, 2.75) is 25.3 Å². The predicted molar refractivity (Wildman–Crippen MR) is 119 cm³/mol. The second kappa shape index (κ2) is 9.64. The van der Waals surface area contributed by atoms with Crippen molar-refractivity contribution >= 4 is 16.9 Å². The maximum atomic E-state index is 13.9. The molecule has 9 nitrogen and oxygen atoms in total. The summed E-state index contributed by atoms with van der Waals surface area (Å²) in [6.45, 7) is 1.31. The van der Waals surface area contributed by atoms with E-state index in [1.165, 1.54) is 6.33 Å². The van der Waals surface area contributed by atoms with Gasteiger partial charge >= 0.3 is 0 Å². The van der Waals surface area contributed by atoms with Gasteiger partial charge in [-0.3, -0.25) is 9.69 Å². The molecular weight excluding hydrogens is 444 g/mol. The van der Waals surface area contributed by atoms with Gasteiger partial charge in [0, 0.05) is 26.2 Å². The first-order valence-corrected chi connectivity index (χ1v) is 11.0.